The Morgan fingerprint density at radius 2 is 1.68 bits per heavy atom. The molecule has 0 aromatic heterocycles. The molecule has 6 nitrogen and oxygen atoms in total. The van der Waals surface area contributed by atoms with Crippen LogP contribution in [0, 0.1) is 0 Å². The summed E-state index contributed by atoms with van der Waals surface area (Å²) in [6.45, 7) is 2.07. The lowest BCUT2D eigenvalue weighted by Gasteiger charge is -2.17. The zero-order valence-corrected chi connectivity index (χ0v) is 15.7. The van der Waals surface area contributed by atoms with E-state index in [4.69, 9.17) is 0 Å². The van der Waals surface area contributed by atoms with Crippen molar-refractivity contribution in [3.05, 3.63) is 59.7 Å². The van der Waals surface area contributed by atoms with Gasteiger partial charge in [-0.1, -0.05) is 12.1 Å². The van der Waals surface area contributed by atoms with Gasteiger partial charge in [0.05, 0.1) is 0 Å². The van der Waals surface area contributed by atoms with Crippen molar-refractivity contribution in [3.63, 3.8) is 0 Å². The molecule has 2 aliphatic rings. The molecule has 2 aromatic rings. The van der Waals surface area contributed by atoms with Crippen LogP contribution in [-0.2, 0) is 16.1 Å². The van der Waals surface area contributed by atoms with E-state index >= 15 is 0 Å². The Labute approximate surface area is 164 Å². The average molecular weight is 377 g/mol. The molecular weight excluding hydrogens is 354 g/mol. The molecule has 2 fully saturated rings. The largest absolute Gasteiger partial charge is 0.338 e. The van der Waals surface area contributed by atoms with Crippen LogP contribution in [0.25, 0.3) is 0 Å². The number of nitrogens with zero attached hydrogens (tertiary/aromatic N) is 2. The predicted octanol–water partition coefficient (Wildman–Crippen LogP) is 3.19. The molecule has 0 saturated carbocycles. The Hall–Kier alpha value is -3.15. The Morgan fingerprint density at radius 1 is 0.929 bits per heavy atom. The Bertz CT molecular complexity index is 907. The highest BCUT2D eigenvalue weighted by atomic mass is 16.2. The highest BCUT2D eigenvalue weighted by Crippen LogP contribution is 2.23. The number of rotatable bonds is 5. The number of carbonyl (C=O) groups is 3. The second kappa shape index (κ2) is 7.84. The minimum absolute atomic E-state index is 0.144. The number of benzene rings is 2. The third kappa shape index (κ3) is 3.91. The van der Waals surface area contributed by atoms with Crippen LogP contribution in [0.15, 0.2) is 48.5 Å². The zero-order valence-electron chi connectivity index (χ0n) is 15.7. The lowest BCUT2D eigenvalue weighted by molar-refractivity contribution is -0.128. The molecule has 2 heterocycles. The third-order valence-corrected chi connectivity index (χ3v) is 5.24. The molecule has 144 valence electrons. The van der Waals surface area contributed by atoms with E-state index in [1.54, 1.807) is 11.0 Å². The molecule has 0 bridgehead atoms. The van der Waals surface area contributed by atoms with Crippen LogP contribution in [0.3, 0.4) is 0 Å². The second-order valence-corrected chi connectivity index (χ2v) is 7.27. The van der Waals surface area contributed by atoms with Gasteiger partial charge in [-0.15, -0.1) is 0 Å². The SMILES string of the molecule is O=C(Nc1ccc(N2CCCC2=O)cc1)c1cccc(CN2CCCC2=O)c1. The summed E-state index contributed by atoms with van der Waals surface area (Å²) in [5.74, 6) is 0.121. The molecule has 0 aliphatic carbocycles. The zero-order chi connectivity index (χ0) is 19.5. The summed E-state index contributed by atoms with van der Waals surface area (Å²) in [6, 6.07) is 14.7. The summed E-state index contributed by atoms with van der Waals surface area (Å²) in [6.07, 6.45) is 2.99. The second-order valence-electron chi connectivity index (χ2n) is 7.27. The van der Waals surface area contributed by atoms with Crippen LogP contribution in [0.4, 0.5) is 11.4 Å². The summed E-state index contributed by atoms with van der Waals surface area (Å²) in [5, 5.41) is 2.89. The topological polar surface area (TPSA) is 69.7 Å². The van der Waals surface area contributed by atoms with Crippen LogP contribution in [0.5, 0.6) is 0 Å². The Morgan fingerprint density at radius 3 is 2.36 bits per heavy atom. The minimum Gasteiger partial charge on any atom is -0.338 e. The molecule has 0 spiro atoms. The standard InChI is InChI=1S/C22H23N3O3/c26-20-6-2-12-24(20)15-16-4-1-5-17(14-16)22(28)23-18-8-10-19(11-9-18)25-13-3-7-21(25)27/h1,4-5,8-11,14H,2-3,6-7,12-13,15H2,(H,23,28). The molecule has 6 heteroatoms. The molecule has 4 rings (SSSR count). The van der Waals surface area contributed by atoms with Crippen molar-refractivity contribution in [1.82, 2.24) is 4.90 Å². The van der Waals surface area contributed by atoms with Crippen LogP contribution in [0.1, 0.15) is 41.6 Å². The molecule has 28 heavy (non-hydrogen) atoms. The highest BCUT2D eigenvalue weighted by Gasteiger charge is 2.22. The summed E-state index contributed by atoms with van der Waals surface area (Å²) in [4.78, 5) is 39.8. The van der Waals surface area contributed by atoms with E-state index in [2.05, 4.69) is 5.32 Å². The van der Waals surface area contributed by atoms with Gasteiger partial charge in [0.25, 0.3) is 5.91 Å². The number of hydrogen-bond acceptors (Lipinski definition) is 3. The van der Waals surface area contributed by atoms with E-state index in [0.717, 1.165) is 37.2 Å². The van der Waals surface area contributed by atoms with Gasteiger partial charge >= 0.3 is 0 Å². The van der Waals surface area contributed by atoms with Gasteiger partial charge in [0, 0.05) is 49.4 Å². The Kier molecular flexibility index (Phi) is 5.10. The van der Waals surface area contributed by atoms with Gasteiger partial charge in [-0.2, -0.15) is 0 Å². The number of amides is 3. The van der Waals surface area contributed by atoms with Gasteiger partial charge in [0.2, 0.25) is 11.8 Å². The molecule has 2 aromatic carbocycles. The molecule has 0 unspecified atom stereocenters. The average Bonchev–Trinajstić information content (AvgIpc) is 3.31. The molecule has 0 atom stereocenters. The molecule has 1 N–H and O–H groups in total. The highest BCUT2D eigenvalue weighted by molar-refractivity contribution is 6.04. The van der Waals surface area contributed by atoms with Crippen molar-refractivity contribution in [1.29, 1.82) is 0 Å². The summed E-state index contributed by atoms with van der Waals surface area (Å²) in [7, 11) is 0. The van der Waals surface area contributed by atoms with Gasteiger partial charge in [-0.3, -0.25) is 14.4 Å². The van der Waals surface area contributed by atoms with Crippen molar-refractivity contribution in [2.45, 2.75) is 32.2 Å². The third-order valence-electron chi connectivity index (χ3n) is 5.24. The van der Waals surface area contributed by atoms with Crippen LogP contribution < -0.4 is 10.2 Å². The summed E-state index contributed by atoms with van der Waals surface area (Å²) >= 11 is 0. The van der Waals surface area contributed by atoms with Gasteiger partial charge in [-0.05, 0) is 54.8 Å². The van der Waals surface area contributed by atoms with Crippen LogP contribution in [-0.4, -0.2) is 35.7 Å². The van der Waals surface area contributed by atoms with Crippen molar-refractivity contribution < 1.29 is 14.4 Å². The van der Waals surface area contributed by atoms with E-state index in [9.17, 15) is 14.4 Å². The maximum atomic E-state index is 12.6. The molecule has 2 saturated heterocycles. The number of nitrogens with one attached hydrogen (secondary N) is 1. The molecular formula is C22H23N3O3. The first-order valence-electron chi connectivity index (χ1n) is 9.69. The lowest BCUT2D eigenvalue weighted by Crippen LogP contribution is -2.24. The first-order valence-corrected chi connectivity index (χ1v) is 9.69. The summed E-state index contributed by atoms with van der Waals surface area (Å²) < 4.78 is 0. The summed E-state index contributed by atoms with van der Waals surface area (Å²) in [5.41, 5.74) is 3.05. The van der Waals surface area contributed by atoms with Crippen molar-refractivity contribution in [2.75, 3.05) is 23.3 Å². The maximum absolute atomic E-state index is 12.6. The molecule has 3 amide bonds. The molecule has 2 aliphatic heterocycles. The number of carbonyl (C=O) groups excluding carboxylic acids is 3. The van der Waals surface area contributed by atoms with Crippen molar-refractivity contribution in [3.8, 4) is 0 Å². The lowest BCUT2D eigenvalue weighted by atomic mass is 10.1. The van der Waals surface area contributed by atoms with Crippen LogP contribution >= 0.6 is 0 Å². The van der Waals surface area contributed by atoms with E-state index < -0.39 is 0 Å². The predicted molar refractivity (Wildman–Crippen MR) is 107 cm³/mol. The first kappa shape index (κ1) is 18.2. The smallest absolute Gasteiger partial charge is 0.255 e. The number of anilines is 2. The fraction of sp³-hybridized carbons (Fsp3) is 0.318. The van der Waals surface area contributed by atoms with Gasteiger partial charge in [0.1, 0.15) is 0 Å². The normalized spacial score (nSPS) is 16.7. The van der Waals surface area contributed by atoms with Crippen molar-refractivity contribution >= 4 is 29.1 Å². The number of hydrogen-bond donors (Lipinski definition) is 1. The van der Waals surface area contributed by atoms with E-state index in [1.807, 2.05) is 47.4 Å². The minimum atomic E-state index is -0.195. The van der Waals surface area contributed by atoms with Crippen LogP contribution in [0.2, 0.25) is 0 Å². The van der Waals surface area contributed by atoms with Gasteiger partial charge in [-0.25, -0.2) is 0 Å². The van der Waals surface area contributed by atoms with E-state index in [1.165, 1.54) is 0 Å². The number of likely N-dealkylation sites (tertiary alicyclic amines) is 1. The van der Waals surface area contributed by atoms with Gasteiger partial charge < -0.3 is 15.1 Å². The monoisotopic (exact) mass is 377 g/mol. The quantitative estimate of drug-likeness (QED) is 0.870. The van der Waals surface area contributed by atoms with E-state index in [-0.39, 0.29) is 17.7 Å². The van der Waals surface area contributed by atoms with Crippen molar-refractivity contribution in [2.24, 2.45) is 0 Å². The first-order chi connectivity index (χ1) is 13.6. The fourth-order valence-corrected chi connectivity index (χ4v) is 3.75. The fourth-order valence-electron chi connectivity index (χ4n) is 3.75. The Balaban J connectivity index is 1.41. The van der Waals surface area contributed by atoms with Gasteiger partial charge in [0.15, 0.2) is 0 Å². The molecule has 0 radical (unpaired) electrons. The maximum Gasteiger partial charge on any atom is 0.255 e. The van der Waals surface area contributed by atoms with E-state index in [0.29, 0.717) is 30.6 Å².